The first kappa shape index (κ1) is 69.9. The van der Waals surface area contributed by atoms with E-state index < -0.39 is 26.5 Å². The molecule has 3 N–H and O–H groups in total. The monoisotopic (exact) mass is 1040 g/mol. The van der Waals surface area contributed by atoms with Crippen LogP contribution in [0, 0.1) is 0 Å². The molecule has 0 bridgehead atoms. The first-order valence-corrected chi connectivity index (χ1v) is 31.2. The number of allylic oxidation sites excluding steroid dienone is 16. The van der Waals surface area contributed by atoms with E-state index in [1.54, 1.807) is 0 Å². The highest BCUT2D eigenvalue weighted by molar-refractivity contribution is 7.47. The van der Waals surface area contributed by atoms with Crippen molar-refractivity contribution in [3.05, 3.63) is 97.2 Å². The minimum absolute atomic E-state index is 0.0502. The Bertz CT molecular complexity index is 1510. The Kier molecular flexibility index (Phi) is 55.7. The Labute approximate surface area is 448 Å². The third-order valence-corrected chi connectivity index (χ3v) is 13.5. The SMILES string of the molecule is CC/C=C\C/C=C\C/C=C\C/C=C\C/C=C\C/C=C\C/C=C\C/C=C\CCCCCCCCCCCCC(=O)OC(COC(=O)CCCCCCCCCCCCCCCCCCC)COP(=O)(O)OCCN. The standard InChI is InChI=1S/C63H110NO8P/c1-3-5-7-9-11-13-15-17-19-21-22-23-24-25-26-27-28-29-30-31-32-33-34-35-36-37-38-40-42-44-46-48-50-52-54-56-63(66)72-61(60-71-73(67,68)70-58-57-64)59-69-62(65)55-53-51-49-47-45-43-41-39-20-18-16-14-12-10-8-6-4-2/h5,7,11,13,17,19,22-23,25-26,28-29,31-32,34-35,61H,3-4,6,8-10,12,14-16,18,20-21,24,27,30,33,36-60,64H2,1-2H3,(H,67,68)/b7-5-,13-11-,19-17-,23-22-,26-25-,29-28-,32-31-,35-34-. The number of carbonyl (C=O) groups excluding carboxylic acids is 2. The second kappa shape index (κ2) is 58.2. The van der Waals surface area contributed by atoms with Crippen molar-refractivity contribution in [2.75, 3.05) is 26.4 Å². The molecule has 0 aromatic carbocycles. The van der Waals surface area contributed by atoms with Gasteiger partial charge in [0.25, 0.3) is 0 Å². The molecule has 0 rings (SSSR count). The average Bonchev–Trinajstić information content (AvgIpc) is 3.38. The molecule has 10 heteroatoms. The molecule has 0 aromatic heterocycles. The summed E-state index contributed by atoms with van der Waals surface area (Å²) in [7, 11) is -4.39. The van der Waals surface area contributed by atoms with Gasteiger partial charge in [-0.1, -0.05) is 265 Å². The fourth-order valence-electron chi connectivity index (χ4n) is 8.12. The van der Waals surface area contributed by atoms with Crippen LogP contribution in [0.2, 0.25) is 0 Å². The molecule has 0 aliphatic carbocycles. The van der Waals surface area contributed by atoms with Crippen LogP contribution in [0.5, 0.6) is 0 Å². The van der Waals surface area contributed by atoms with Crippen molar-refractivity contribution in [1.82, 2.24) is 0 Å². The number of nitrogens with two attached hydrogens (primary N) is 1. The minimum atomic E-state index is -4.39. The first-order valence-electron chi connectivity index (χ1n) is 29.7. The van der Waals surface area contributed by atoms with Gasteiger partial charge in [-0.15, -0.1) is 0 Å². The van der Waals surface area contributed by atoms with Crippen molar-refractivity contribution in [3.63, 3.8) is 0 Å². The molecule has 9 nitrogen and oxygen atoms in total. The lowest BCUT2D eigenvalue weighted by molar-refractivity contribution is -0.161. The summed E-state index contributed by atoms with van der Waals surface area (Å²) in [6, 6.07) is 0. The van der Waals surface area contributed by atoms with Gasteiger partial charge >= 0.3 is 19.8 Å². The number of esters is 2. The molecule has 0 spiro atoms. The Balaban J connectivity index is 3.97. The van der Waals surface area contributed by atoms with Gasteiger partial charge in [-0.05, 0) is 77.0 Å². The molecule has 0 saturated carbocycles. The van der Waals surface area contributed by atoms with E-state index in [9.17, 15) is 19.0 Å². The second-order valence-corrected chi connectivity index (χ2v) is 20.9. The van der Waals surface area contributed by atoms with E-state index in [1.165, 1.54) is 128 Å². The minimum Gasteiger partial charge on any atom is -0.462 e. The maximum atomic E-state index is 12.7. The van der Waals surface area contributed by atoms with Crippen LogP contribution >= 0.6 is 7.82 Å². The Morgan fingerprint density at radius 3 is 1.12 bits per heavy atom. The lowest BCUT2D eigenvalue weighted by Gasteiger charge is -2.19. The molecular weight excluding hydrogens is 930 g/mol. The third kappa shape index (κ3) is 58.1. The fourth-order valence-corrected chi connectivity index (χ4v) is 8.89. The smallest absolute Gasteiger partial charge is 0.462 e. The second-order valence-electron chi connectivity index (χ2n) is 19.5. The zero-order valence-corrected chi connectivity index (χ0v) is 47.7. The summed E-state index contributed by atoms with van der Waals surface area (Å²) in [5, 5.41) is 0. The van der Waals surface area contributed by atoms with Crippen molar-refractivity contribution < 1.29 is 37.6 Å². The van der Waals surface area contributed by atoms with Crippen LogP contribution in [0.25, 0.3) is 0 Å². The number of unbranched alkanes of at least 4 members (excludes halogenated alkanes) is 26. The number of hydrogen-bond acceptors (Lipinski definition) is 8. The molecule has 2 atom stereocenters. The summed E-state index contributed by atoms with van der Waals surface area (Å²) in [4.78, 5) is 35.2. The maximum absolute atomic E-state index is 12.7. The lowest BCUT2D eigenvalue weighted by Crippen LogP contribution is -2.29. The molecule has 0 saturated heterocycles. The number of ether oxygens (including phenoxy) is 2. The van der Waals surface area contributed by atoms with E-state index in [1.807, 2.05) is 0 Å². The van der Waals surface area contributed by atoms with Crippen LogP contribution < -0.4 is 5.73 Å². The predicted molar refractivity (Wildman–Crippen MR) is 312 cm³/mol. The van der Waals surface area contributed by atoms with E-state index >= 15 is 0 Å². The lowest BCUT2D eigenvalue weighted by atomic mass is 10.0. The molecule has 2 unspecified atom stereocenters. The Morgan fingerprint density at radius 2 is 0.753 bits per heavy atom. The van der Waals surface area contributed by atoms with Crippen molar-refractivity contribution >= 4 is 19.8 Å². The van der Waals surface area contributed by atoms with Gasteiger partial charge in [0.1, 0.15) is 6.61 Å². The largest absolute Gasteiger partial charge is 0.472 e. The highest BCUT2D eigenvalue weighted by atomic mass is 31.2. The van der Waals surface area contributed by atoms with Crippen LogP contribution in [-0.4, -0.2) is 49.3 Å². The maximum Gasteiger partial charge on any atom is 0.472 e. The van der Waals surface area contributed by atoms with E-state index in [4.69, 9.17) is 24.3 Å². The molecule has 73 heavy (non-hydrogen) atoms. The first-order chi connectivity index (χ1) is 35.8. The predicted octanol–water partition coefficient (Wildman–Crippen LogP) is 18.8. The fraction of sp³-hybridized carbons (Fsp3) is 0.714. The molecule has 0 amide bonds. The van der Waals surface area contributed by atoms with Crippen molar-refractivity contribution in [1.29, 1.82) is 0 Å². The zero-order valence-electron chi connectivity index (χ0n) is 46.8. The van der Waals surface area contributed by atoms with Crippen molar-refractivity contribution in [3.8, 4) is 0 Å². The van der Waals surface area contributed by atoms with Crippen LogP contribution in [0.3, 0.4) is 0 Å². The van der Waals surface area contributed by atoms with Crippen LogP contribution in [0.1, 0.15) is 258 Å². The molecule has 0 aliphatic heterocycles. The van der Waals surface area contributed by atoms with Gasteiger partial charge in [0.05, 0.1) is 13.2 Å². The molecular formula is C63H110NO8P. The van der Waals surface area contributed by atoms with Gasteiger partial charge in [0.2, 0.25) is 0 Å². The number of hydrogen-bond donors (Lipinski definition) is 2. The van der Waals surface area contributed by atoms with Crippen LogP contribution in [0.15, 0.2) is 97.2 Å². The average molecular weight is 1040 g/mol. The van der Waals surface area contributed by atoms with Gasteiger partial charge < -0.3 is 20.1 Å². The van der Waals surface area contributed by atoms with Gasteiger partial charge in [0.15, 0.2) is 6.10 Å². The van der Waals surface area contributed by atoms with Crippen LogP contribution in [-0.2, 0) is 32.7 Å². The molecule has 0 aromatic rings. The number of carbonyl (C=O) groups is 2. The summed E-state index contributed by atoms with van der Waals surface area (Å²) in [5.74, 6) is -0.828. The van der Waals surface area contributed by atoms with E-state index in [2.05, 4.69) is 111 Å². The molecule has 0 heterocycles. The molecule has 0 radical (unpaired) electrons. The van der Waals surface area contributed by atoms with E-state index in [0.29, 0.717) is 6.42 Å². The Morgan fingerprint density at radius 1 is 0.425 bits per heavy atom. The third-order valence-electron chi connectivity index (χ3n) is 12.5. The normalized spacial score (nSPS) is 13.8. The summed E-state index contributed by atoms with van der Waals surface area (Å²) < 4.78 is 33.0. The molecule has 0 fully saturated rings. The quantitative estimate of drug-likeness (QED) is 0.0264. The van der Waals surface area contributed by atoms with Crippen molar-refractivity contribution in [2.45, 2.75) is 264 Å². The van der Waals surface area contributed by atoms with Crippen LogP contribution in [0.4, 0.5) is 0 Å². The highest BCUT2D eigenvalue weighted by Gasteiger charge is 2.26. The topological polar surface area (TPSA) is 134 Å². The number of phosphoric acid groups is 1. The van der Waals surface area contributed by atoms with Gasteiger partial charge in [-0.25, -0.2) is 4.57 Å². The van der Waals surface area contributed by atoms with Gasteiger partial charge in [-0.3, -0.25) is 18.6 Å². The summed E-state index contributed by atoms with van der Waals surface area (Å²) in [6.45, 7) is 3.64. The highest BCUT2D eigenvalue weighted by Crippen LogP contribution is 2.43. The Hall–Kier alpha value is -3.07. The van der Waals surface area contributed by atoms with Gasteiger partial charge in [-0.2, -0.15) is 0 Å². The summed E-state index contributed by atoms with van der Waals surface area (Å²) >= 11 is 0. The summed E-state index contributed by atoms with van der Waals surface area (Å²) in [6.07, 6.45) is 77.5. The zero-order chi connectivity index (χ0) is 53.1. The van der Waals surface area contributed by atoms with Crippen molar-refractivity contribution in [2.24, 2.45) is 5.73 Å². The molecule has 0 aliphatic rings. The van der Waals surface area contributed by atoms with Gasteiger partial charge in [0, 0.05) is 19.4 Å². The number of phosphoric ester groups is 1. The van der Waals surface area contributed by atoms with E-state index in [-0.39, 0.29) is 38.6 Å². The number of rotatable bonds is 55. The van der Waals surface area contributed by atoms with E-state index in [0.717, 1.165) is 96.3 Å². The summed E-state index contributed by atoms with van der Waals surface area (Å²) in [5.41, 5.74) is 5.38. The molecule has 420 valence electrons.